The second-order valence-corrected chi connectivity index (χ2v) is 5.97. The number of nitrogens with one attached hydrogen (secondary N) is 1. The van der Waals surface area contributed by atoms with Crippen molar-refractivity contribution in [2.24, 2.45) is 0 Å². The third-order valence-corrected chi connectivity index (χ3v) is 4.08. The molecule has 2 N–H and O–H groups in total. The first kappa shape index (κ1) is 17.8. The van der Waals surface area contributed by atoms with Crippen molar-refractivity contribution in [2.75, 3.05) is 7.05 Å². The van der Waals surface area contributed by atoms with Crippen LogP contribution in [0.15, 0.2) is 46.9 Å². The van der Waals surface area contributed by atoms with Gasteiger partial charge in [-0.15, -0.1) is 0 Å². The number of hydrogen-bond acceptors (Lipinski definition) is 2. The molecule has 2 rings (SSSR count). The van der Waals surface area contributed by atoms with E-state index in [2.05, 4.69) is 33.1 Å². The van der Waals surface area contributed by atoms with Crippen molar-refractivity contribution in [1.29, 1.82) is 0 Å². The molecule has 0 spiro atoms. The van der Waals surface area contributed by atoms with Gasteiger partial charge in [-0.2, -0.15) is 0 Å². The van der Waals surface area contributed by atoms with Gasteiger partial charge in [0, 0.05) is 29.1 Å². The van der Waals surface area contributed by atoms with Gasteiger partial charge in [0.25, 0.3) is 0 Å². The van der Waals surface area contributed by atoms with Crippen LogP contribution >= 0.6 is 15.9 Å². The van der Waals surface area contributed by atoms with Crippen LogP contribution in [0, 0.1) is 11.8 Å². The van der Waals surface area contributed by atoms with Crippen LogP contribution in [-0.4, -0.2) is 24.0 Å². The zero-order valence-electron chi connectivity index (χ0n) is 13.1. The smallest absolute Gasteiger partial charge is 0.336 e. The number of halogens is 1. The van der Waals surface area contributed by atoms with Gasteiger partial charge in [0.05, 0.1) is 5.56 Å². The highest BCUT2D eigenvalue weighted by molar-refractivity contribution is 9.10. The number of benzene rings is 2. The van der Waals surface area contributed by atoms with Crippen LogP contribution in [0.4, 0.5) is 0 Å². The molecule has 0 aromatic heterocycles. The summed E-state index contributed by atoms with van der Waals surface area (Å²) in [5, 5.41) is 11.6. The number of aromatic carboxylic acids is 1. The molecule has 2 aromatic rings. The number of amides is 1. The summed E-state index contributed by atoms with van der Waals surface area (Å²) in [5.74, 6) is 5.10. The maximum atomic E-state index is 11.2. The van der Waals surface area contributed by atoms with Gasteiger partial charge < -0.3 is 10.4 Å². The molecule has 24 heavy (non-hydrogen) atoms. The number of hydrogen-bond donors (Lipinski definition) is 2. The first-order chi connectivity index (χ1) is 11.5. The summed E-state index contributed by atoms with van der Waals surface area (Å²) < 4.78 is 0.506. The highest BCUT2D eigenvalue weighted by Crippen LogP contribution is 2.18. The topological polar surface area (TPSA) is 66.4 Å². The second-order valence-electron chi connectivity index (χ2n) is 5.12. The van der Waals surface area contributed by atoms with E-state index >= 15 is 0 Å². The van der Waals surface area contributed by atoms with Gasteiger partial charge in [-0.25, -0.2) is 4.79 Å². The fourth-order valence-electron chi connectivity index (χ4n) is 2.05. The zero-order chi connectivity index (χ0) is 17.5. The average molecular weight is 386 g/mol. The number of aryl methyl sites for hydroxylation is 1. The van der Waals surface area contributed by atoms with Crippen molar-refractivity contribution in [2.45, 2.75) is 12.8 Å². The third kappa shape index (κ3) is 4.97. The van der Waals surface area contributed by atoms with E-state index in [1.807, 2.05) is 24.3 Å². The highest BCUT2D eigenvalue weighted by atomic mass is 79.9. The molecule has 0 radical (unpaired) electrons. The van der Waals surface area contributed by atoms with Crippen LogP contribution in [0.3, 0.4) is 0 Å². The molecule has 122 valence electrons. The van der Waals surface area contributed by atoms with Crippen molar-refractivity contribution in [3.05, 3.63) is 69.2 Å². The van der Waals surface area contributed by atoms with Crippen LogP contribution in [-0.2, 0) is 11.2 Å². The predicted octanol–water partition coefficient (Wildman–Crippen LogP) is 3.23. The minimum Gasteiger partial charge on any atom is -0.478 e. The molecule has 4 nitrogen and oxygen atoms in total. The van der Waals surface area contributed by atoms with Crippen LogP contribution < -0.4 is 5.32 Å². The Balaban J connectivity index is 2.07. The first-order valence-corrected chi connectivity index (χ1v) is 8.13. The summed E-state index contributed by atoms with van der Waals surface area (Å²) in [6, 6.07) is 12.6. The molecule has 0 saturated carbocycles. The summed E-state index contributed by atoms with van der Waals surface area (Å²) in [5.41, 5.74) is 2.88. The summed E-state index contributed by atoms with van der Waals surface area (Å²) in [7, 11) is 1.63. The van der Waals surface area contributed by atoms with Gasteiger partial charge in [-0.05, 0) is 58.2 Å². The van der Waals surface area contributed by atoms with Gasteiger partial charge in [0.2, 0.25) is 5.91 Å². The van der Waals surface area contributed by atoms with E-state index in [9.17, 15) is 9.59 Å². The van der Waals surface area contributed by atoms with Gasteiger partial charge in [-0.3, -0.25) is 4.79 Å². The number of carboxylic acid groups (broad SMARTS) is 1. The van der Waals surface area contributed by atoms with Gasteiger partial charge in [0.15, 0.2) is 0 Å². The highest BCUT2D eigenvalue weighted by Gasteiger charge is 2.07. The van der Waals surface area contributed by atoms with Gasteiger partial charge in [-0.1, -0.05) is 24.0 Å². The Labute approximate surface area is 149 Å². The molecule has 0 aliphatic heterocycles. The molecule has 0 atom stereocenters. The summed E-state index contributed by atoms with van der Waals surface area (Å²) in [6.07, 6.45) is 1.16. The summed E-state index contributed by atoms with van der Waals surface area (Å²) >= 11 is 3.24. The molecule has 0 fully saturated rings. The Kier molecular flexibility index (Phi) is 6.16. The lowest BCUT2D eigenvalue weighted by atomic mass is 10.1. The molecule has 0 bridgehead atoms. The van der Waals surface area contributed by atoms with E-state index in [0.717, 1.165) is 16.7 Å². The molecule has 1 amide bonds. The Hall–Kier alpha value is -2.58. The third-order valence-electron chi connectivity index (χ3n) is 3.42. The molecule has 0 aliphatic carbocycles. The lowest BCUT2D eigenvalue weighted by Crippen LogP contribution is -2.17. The quantitative estimate of drug-likeness (QED) is 0.793. The zero-order valence-corrected chi connectivity index (χ0v) is 14.7. The Morgan fingerprint density at radius 1 is 1.08 bits per heavy atom. The van der Waals surface area contributed by atoms with Crippen molar-refractivity contribution >= 4 is 27.8 Å². The van der Waals surface area contributed by atoms with Crippen LogP contribution in [0.5, 0.6) is 0 Å². The maximum absolute atomic E-state index is 11.2. The fourth-order valence-corrected chi connectivity index (χ4v) is 2.60. The Morgan fingerprint density at radius 2 is 1.71 bits per heavy atom. The first-order valence-electron chi connectivity index (χ1n) is 7.34. The molecule has 0 saturated heterocycles. The van der Waals surface area contributed by atoms with E-state index in [4.69, 9.17) is 5.11 Å². The van der Waals surface area contributed by atoms with Crippen molar-refractivity contribution in [3.8, 4) is 11.8 Å². The molecular formula is C19H16BrNO3. The minimum absolute atomic E-state index is 0.0225. The molecule has 5 heteroatoms. The number of carboxylic acids is 1. The lowest BCUT2D eigenvalue weighted by Gasteiger charge is -2.01. The van der Waals surface area contributed by atoms with E-state index in [1.165, 1.54) is 6.07 Å². The van der Waals surface area contributed by atoms with Crippen molar-refractivity contribution in [3.63, 3.8) is 0 Å². The number of carbonyl (C=O) groups excluding carboxylic acids is 1. The number of rotatable bonds is 4. The van der Waals surface area contributed by atoms with E-state index in [-0.39, 0.29) is 11.5 Å². The largest absolute Gasteiger partial charge is 0.478 e. The summed E-state index contributed by atoms with van der Waals surface area (Å²) in [6.45, 7) is 0. The monoisotopic (exact) mass is 385 g/mol. The Bertz CT molecular complexity index is 817. The number of carbonyl (C=O) groups is 2. The molecular weight excluding hydrogens is 370 g/mol. The molecule has 0 aliphatic rings. The minimum atomic E-state index is -0.978. The average Bonchev–Trinajstić information content (AvgIpc) is 2.58. The lowest BCUT2D eigenvalue weighted by molar-refractivity contribution is -0.120. The van der Waals surface area contributed by atoms with Gasteiger partial charge >= 0.3 is 5.97 Å². The molecule has 0 heterocycles. The maximum Gasteiger partial charge on any atom is 0.336 e. The van der Waals surface area contributed by atoms with Crippen molar-refractivity contribution in [1.82, 2.24) is 5.32 Å². The van der Waals surface area contributed by atoms with Gasteiger partial charge in [0.1, 0.15) is 0 Å². The van der Waals surface area contributed by atoms with E-state index < -0.39 is 5.97 Å². The Morgan fingerprint density at radius 3 is 2.29 bits per heavy atom. The molecule has 0 unspecified atom stereocenters. The van der Waals surface area contributed by atoms with Crippen LogP contribution in [0.1, 0.15) is 33.5 Å². The van der Waals surface area contributed by atoms with Crippen molar-refractivity contribution < 1.29 is 14.7 Å². The van der Waals surface area contributed by atoms with E-state index in [0.29, 0.717) is 17.3 Å². The van der Waals surface area contributed by atoms with Crippen LogP contribution in [0.25, 0.3) is 0 Å². The second kappa shape index (κ2) is 8.32. The normalized spacial score (nSPS) is 9.75. The fraction of sp³-hybridized carbons (Fsp3) is 0.158. The predicted molar refractivity (Wildman–Crippen MR) is 95.9 cm³/mol. The SMILES string of the molecule is CNC(=O)CCc1ccc(C#Cc2ccc(C(=O)O)c(Br)c2)cc1. The summed E-state index contributed by atoms with van der Waals surface area (Å²) in [4.78, 5) is 22.2. The van der Waals surface area contributed by atoms with E-state index in [1.54, 1.807) is 19.2 Å². The standard InChI is InChI=1S/C19H16BrNO3/c1-21-18(22)11-9-14-4-2-13(3-5-14)6-7-15-8-10-16(19(23)24)17(20)12-15/h2-5,8,10,12H,9,11H2,1H3,(H,21,22)(H,23,24). The van der Waals surface area contributed by atoms with Crippen LogP contribution in [0.2, 0.25) is 0 Å². The molecule has 2 aromatic carbocycles.